The number of carbonyl (C=O) groups is 1. The van der Waals surface area contributed by atoms with Crippen molar-refractivity contribution in [2.75, 3.05) is 6.61 Å². The minimum atomic E-state index is -0.223. The van der Waals surface area contributed by atoms with E-state index in [0.29, 0.717) is 12.2 Å². The summed E-state index contributed by atoms with van der Waals surface area (Å²) in [7, 11) is 0. The van der Waals surface area contributed by atoms with Gasteiger partial charge in [0.15, 0.2) is 12.4 Å². The standard InChI is InChI=1S/C24H34NO2/c1-3-5-6-7-8-9-10-14-19-27-24(26)23-20-25(4-2)18-17-22(23)21-15-12-11-13-16-21/h11-13,15-18,20H,3-10,14,19H2,1-2H3/q+1. The highest BCUT2D eigenvalue weighted by atomic mass is 16.5. The maximum absolute atomic E-state index is 12.7. The Morgan fingerprint density at radius 3 is 2.22 bits per heavy atom. The molecule has 1 aromatic heterocycles. The zero-order valence-electron chi connectivity index (χ0n) is 17.0. The predicted molar refractivity (Wildman–Crippen MR) is 111 cm³/mol. The normalized spacial score (nSPS) is 10.7. The van der Waals surface area contributed by atoms with Crippen LogP contribution in [0.4, 0.5) is 0 Å². The van der Waals surface area contributed by atoms with Gasteiger partial charge < -0.3 is 4.74 Å². The Morgan fingerprint density at radius 2 is 1.56 bits per heavy atom. The van der Waals surface area contributed by atoms with Crippen molar-refractivity contribution < 1.29 is 14.1 Å². The molecule has 146 valence electrons. The molecule has 0 aliphatic carbocycles. The van der Waals surface area contributed by atoms with Gasteiger partial charge in [-0.3, -0.25) is 0 Å². The summed E-state index contributed by atoms with van der Waals surface area (Å²) in [6, 6.07) is 12.0. The molecule has 3 nitrogen and oxygen atoms in total. The quantitative estimate of drug-likeness (QED) is 0.263. The lowest BCUT2D eigenvalue weighted by Gasteiger charge is -2.09. The van der Waals surface area contributed by atoms with E-state index in [1.54, 1.807) is 0 Å². The first kappa shape index (κ1) is 21.1. The molecule has 1 aromatic carbocycles. The third kappa shape index (κ3) is 7.16. The molecule has 1 heterocycles. The maximum atomic E-state index is 12.7. The maximum Gasteiger partial charge on any atom is 0.344 e. The summed E-state index contributed by atoms with van der Waals surface area (Å²) in [5, 5.41) is 0. The van der Waals surface area contributed by atoms with E-state index >= 15 is 0 Å². The molecule has 0 spiro atoms. The minimum absolute atomic E-state index is 0.223. The zero-order valence-corrected chi connectivity index (χ0v) is 17.0. The number of benzene rings is 1. The summed E-state index contributed by atoms with van der Waals surface area (Å²) in [6.45, 7) is 5.64. The van der Waals surface area contributed by atoms with E-state index < -0.39 is 0 Å². The molecule has 2 rings (SSSR count). The van der Waals surface area contributed by atoms with Crippen molar-refractivity contribution in [1.82, 2.24) is 0 Å². The molecule has 0 aliphatic rings. The molecular weight excluding hydrogens is 334 g/mol. The number of esters is 1. The van der Waals surface area contributed by atoms with Crippen LogP contribution in [0.25, 0.3) is 11.1 Å². The second-order valence-electron chi connectivity index (χ2n) is 7.08. The first-order valence-electron chi connectivity index (χ1n) is 10.5. The summed E-state index contributed by atoms with van der Waals surface area (Å²) in [5.74, 6) is -0.223. The Labute approximate surface area is 164 Å². The van der Waals surface area contributed by atoms with Crippen LogP contribution in [-0.4, -0.2) is 12.6 Å². The number of hydrogen-bond acceptors (Lipinski definition) is 2. The second kappa shape index (κ2) is 12.3. The summed E-state index contributed by atoms with van der Waals surface area (Å²) >= 11 is 0. The Bertz CT molecular complexity index is 682. The Balaban J connectivity index is 1.86. The number of nitrogens with zero attached hydrogens (tertiary/aromatic N) is 1. The average Bonchev–Trinajstić information content (AvgIpc) is 2.72. The third-order valence-electron chi connectivity index (χ3n) is 4.92. The fourth-order valence-electron chi connectivity index (χ4n) is 3.25. The van der Waals surface area contributed by atoms with Gasteiger partial charge in [-0.1, -0.05) is 82.2 Å². The predicted octanol–water partition coefficient (Wildman–Crippen LogP) is 5.96. The number of carbonyl (C=O) groups excluding carboxylic acids is 1. The number of rotatable bonds is 12. The number of aromatic nitrogens is 1. The number of aryl methyl sites for hydroxylation is 1. The van der Waals surface area contributed by atoms with Crippen LogP contribution < -0.4 is 4.57 Å². The van der Waals surface area contributed by atoms with Gasteiger partial charge in [-0.05, 0) is 18.9 Å². The smallest absolute Gasteiger partial charge is 0.344 e. The largest absolute Gasteiger partial charge is 0.462 e. The molecule has 0 N–H and O–H groups in total. The minimum Gasteiger partial charge on any atom is -0.462 e. The van der Waals surface area contributed by atoms with E-state index in [4.69, 9.17) is 4.74 Å². The zero-order chi connectivity index (χ0) is 19.3. The van der Waals surface area contributed by atoms with Gasteiger partial charge in [-0.2, -0.15) is 0 Å². The van der Waals surface area contributed by atoms with E-state index in [9.17, 15) is 4.79 Å². The van der Waals surface area contributed by atoms with E-state index in [-0.39, 0.29) is 5.97 Å². The average molecular weight is 369 g/mol. The van der Waals surface area contributed by atoms with Crippen molar-refractivity contribution in [3.63, 3.8) is 0 Å². The van der Waals surface area contributed by atoms with Gasteiger partial charge in [0.25, 0.3) is 0 Å². The SMILES string of the molecule is CCCCCCCCCCOC(=O)c1c[n+](CC)ccc1-c1ccccc1. The van der Waals surface area contributed by atoms with Crippen molar-refractivity contribution in [3.05, 3.63) is 54.4 Å². The van der Waals surface area contributed by atoms with Crippen LogP contribution in [0.2, 0.25) is 0 Å². The van der Waals surface area contributed by atoms with Gasteiger partial charge in [0.2, 0.25) is 0 Å². The molecule has 0 atom stereocenters. The van der Waals surface area contributed by atoms with Gasteiger partial charge in [0, 0.05) is 11.6 Å². The third-order valence-corrected chi connectivity index (χ3v) is 4.92. The highest BCUT2D eigenvalue weighted by molar-refractivity contribution is 5.96. The highest BCUT2D eigenvalue weighted by Crippen LogP contribution is 2.23. The highest BCUT2D eigenvalue weighted by Gasteiger charge is 2.18. The first-order valence-corrected chi connectivity index (χ1v) is 10.5. The molecule has 0 amide bonds. The van der Waals surface area contributed by atoms with E-state index in [2.05, 4.69) is 13.8 Å². The van der Waals surface area contributed by atoms with Crippen LogP contribution >= 0.6 is 0 Å². The Hall–Kier alpha value is -2.16. The monoisotopic (exact) mass is 368 g/mol. The fourth-order valence-corrected chi connectivity index (χ4v) is 3.25. The van der Waals surface area contributed by atoms with Crippen molar-refractivity contribution in [1.29, 1.82) is 0 Å². The number of hydrogen-bond donors (Lipinski definition) is 0. The van der Waals surface area contributed by atoms with Gasteiger partial charge in [-0.25, -0.2) is 9.36 Å². The van der Waals surface area contributed by atoms with Gasteiger partial charge in [0.1, 0.15) is 12.1 Å². The lowest BCUT2D eigenvalue weighted by Crippen LogP contribution is -2.32. The second-order valence-corrected chi connectivity index (χ2v) is 7.08. The van der Waals surface area contributed by atoms with Gasteiger partial charge >= 0.3 is 5.97 Å². The molecule has 0 fully saturated rings. The molecule has 3 heteroatoms. The van der Waals surface area contributed by atoms with E-state index in [1.165, 1.54) is 38.5 Å². The van der Waals surface area contributed by atoms with Gasteiger partial charge in [-0.15, -0.1) is 0 Å². The first-order chi connectivity index (χ1) is 13.3. The summed E-state index contributed by atoms with van der Waals surface area (Å²) in [4.78, 5) is 12.7. The lowest BCUT2D eigenvalue weighted by atomic mass is 10.0. The molecule has 0 radical (unpaired) electrons. The van der Waals surface area contributed by atoms with E-state index in [0.717, 1.165) is 30.5 Å². The molecule has 0 aliphatic heterocycles. The Kier molecular flexibility index (Phi) is 9.61. The topological polar surface area (TPSA) is 30.2 Å². The lowest BCUT2D eigenvalue weighted by molar-refractivity contribution is -0.693. The molecule has 2 aromatic rings. The van der Waals surface area contributed by atoms with Crippen LogP contribution in [0.5, 0.6) is 0 Å². The van der Waals surface area contributed by atoms with Crippen molar-refractivity contribution in [2.24, 2.45) is 0 Å². The molecule has 0 saturated carbocycles. The van der Waals surface area contributed by atoms with Crippen LogP contribution in [-0.2, 0) is 11.3 Å². The van der Waals surface area contributed by atoms with Crippen LogP contribution in [0.15, 0.2) is 48.8 Å². The van der Waals surface area contributed by atoms with Crippen molar-refractivity contribution in [2.45, 2.75) is 71.8 Å². The number of ether oxygens (including phenoxy) is 1. The summed E-state index contributed by atoms with van der Waals surface area (Å²) in [5.41, 5.74) is 2.62. The van der Waals surface area contributed by atoms with Gasteiger partial charge in [0.05, 0.1) is 6.61 Å². The van der Waals surface area contributed by atoms with Crippen molar-refractivity contribution >= 4 is 5.97 Å². The summed E-state index contributed by atoms with van der Waals surface area (Å²) < 4.78 is 7.60. The molecule has 0 saturated heterocycles. The van der Waals surface area contributed by atoms with Crippen molar-refractivity contribution in [3.8, 4) is 11.1 Å². The van der Waals surface area contributed by atoms with Crippen LogP contribution in [0.3, 0.4) is 0 Å². The molecular formula is C24H34NO2+. The number of unbranched alkanes of at least 4 members (excludes halogenated alkanes) is 7. The number of pyridine rings is 1. The molecule has 27 heavy (non-hydrogen) atoms. The summed E-state index contributed by atoms with van der Waals surface area (Å²) in [6.07, 6.45) is 13.8. The molecule has 0 bridgehead atoms. The Morgan fingerprint density at radius 1 is 0.889 bits per heavy atom. The fraction of sp³-hybridized carbons (Fsp3) is 0.500. The van der Waals surface area contributed by atoms with E-state index in [1.807, 2.05) is 53.4 Å². The van der Waals surface area contributed by atoms with Crippen LogP contribution in [0, 0.1) is 0 Å². The molecule has 0 unspecified atom stereocenters. The van der Waals surface area contributed by atoms with Crippen LogP contribution in [0.1, 0.15) is 75.6 Å².